The van der Waals surface area contributed by atoms with Crippen molar-refractivity contribution >= 4 is 17.7 Å². The van der Waals surface area contributed by atoms with Gasteiger partial charge in [0, 0.05) is 5.69 Å². The molecule has 0 aliphatic heterocycles. The summed E-state index contributed by atoms with van der Waals surface area (Å²) in [5.41, 5.74) is 0.959. The number of carbonyl (C=O) groups is 2. The average Bonchev–Trinajstić information content (AvgIpc) is 2.32. The molecule has 0 radical (unpaired) electrons. The van der Waals surface area contributed by atoms with E-state index in [9.17, 15) is 14.0 Å². The SMILES string of the molecule is CCCCC(NC(=O)Nc1cc(C)cc(F)c1)C(=O)O. The van der Waals surface area contributed by atoms with Crippen molar-refractivity contribution < 1.29 is 19.1 Å². The molecule has 1 atom stereocenters. The van der Waals surface area contributed by atoms with Crippen LogP contribution >= 0.6 is 0 Å². The largest absolute Gasteiger partial charge is 0.480 e. The third kappa shape index (κ3) is 5.26. The van der Waals surface area contributed by atoms with E-state index in [0.717, 1.165) is 6.42 Å². The van der Waals surface area contributed by atoms with Gasteiger partial charge in [0.2, 0.25) is 0 Å². The van der Waals surface area contributed by atoms with Crippen molar-refractivity contribution in [2.24, 2.45) is 0 Å². The van der Waals surface area contributed by atoms with E-state index in [0.29, 0.717) is 24.1 Å². The molecule has 0 bridgehead atoms. The van der Waals surface area contributed by atoms with Crippen LogP contribution in [0, 0.1) is 12.7 Å². The smallest absolute Gasteiger partial charge is 0.326 e. The number of halogens is 1. The topological polar surface area (TPSA) is 78.4 Å². The Labute approximate surface area is 117 Å². The Balaban J connectivity index is 2.63. The number of unbranched alkanes of at least 4 members (excludes halogenated alkanes) is 1. The monoisotopic (exact) mass is 282 g/mol. The van der Waals surface area contributed by atoms with Gasteiger partial charge in [-0.15, -0.1) is 0 Å². The number of aliphatic carboxylic acids is 1. The van der Waals surface area contributed by atoms with Gasteiger partial charge in [-0.3, -0.25) is 0 Å². The highest BCUT2D eigenvalue weighted by molar-refractivity contribution is 5.92. The first-order valence-corrected chi connectivity index (χ1v) is 6.50. The number of carboxylic acid groups (broad SMARTS) is 1. The molecule has 0 saturated carbocycles. The summed E-state index contributed by atoms with van der Waals surface area (Å²) >= 11 is 0. The number of aryl methyl sites for hydroxylation is 1. The van der Waals surface area contributed by atoms with Gasteiger partial charge < -0.3 is 15.7 Å². The van der Waals surface area contributed by atoms with Crippen LogP contribution in [0.1, 0.15) is 31.7 Å². The summed E-state index contributed by atoms with van der Waals surface area (Å²) in [4.78, 5) is 22.7. The zero-order valence-corrected chi connectivity index (χ0v) is 11.6. The molecule has 6 heteroatoms. The zero-order valence-electron chi connectivity index (χ0n) is 11.6. The first-order chi connectivity index (χ1) is 9.42. The Morgan fingerprint density at radius 3 is 2.60 bits per heavy atom. The minimum Gasteiger partial charge on any atom is -0.480 e. The van der Waals surface area contributed by atoms with Crippen LogP contribution in [0.2, 0.25) is 0 Å². The Kier molecular flexibility index (Phi) is 5.96. The second kappa shape index (κ2) is 7.47. The Morgan fingerprint density at radius 1 is 1.35 bits per heavy atom. The fraction of sp³-hybridized carbons (Fsp3) is 0.429. The standard InChI is InChI=1S/C14H19FN2O3/c1-3-4-5-12(13(18)19)17-14(20)16-11-7-9(2)6-10(15)8-11/h6-8,12H,3-5H2,1-2H3,(H,18,19)(H2,16,17,20). The molecule has 110 valence electrons. The van der Waals surface area contributed by atoms with Crippen molar-refractivity contribution in [1.82, 2.24) is 5.32 Å². The molecule has 1 unspecified atom stereocenters. The molecule has 1 aromatic rings. The molecule has 0 saturated heterocycles. The summed E-state index contributed by atoms with van der Waals surface area (Å²) in [7, 11) is 0. The number of carbonyl (C=O) groups excluding carboxylic acids is 1. The summed E-state index contributed by atoms with van der Waals surface area (Å²) in [6, 6.07) is 2.52. The number of amides is 2. The van der Waals surface area contributed by atoms with E-state index in [2.05, 4.69) is 10.6 Å². The molecule has 3 N–H and O–H groups in total. The molecule has 1 aromatic carbocycles. The van der Waals surface area contributed by atoms with E-state index in [-0.39, 0.29) is 0 Å². The quantitative estimate of drug-likeness (QED) is 0.750. The summed E-state index contributed by atoms with van der Waals surface area (Å²) in [6.07, 6.45) is 1.91. The molecule has 0 aliphatic carbocycles. The number of hydrogen-bond donors (Lipinski definition) is 3. The minimum atomic E-state index is -1.08. The summed E-state index contributed by atoms with van der Waals surface area (Å²) < 4.78 is 13.2. The lowest BCUT2D eigenvalue weighted by Crippen LogP contribution is -2.43. The highest BCUT2D eigenvalue weighted by Gasteiger charge is 2.19. The van der Waals surface area contributed by atoms with Gasteiger partial charge in [-0.2, -0.15) is 0 Å². The second-order valence-corrected chi connectivity index (χ2v) is 4.65. The van der Waals surface area contributed by atoms with Crippen LogP contribution < -0.4 is 10.6 Å². The summed E-state index contributed by atoms with van der Waals surface area (Å²) in [5, 5.41) is 13.8. The predicted molar refractivity (Wildman–Crippen MR) is 74.2 cm³/mol. The first kappa shape index (κ1) is 15.9. The van der Waals surface area contributed by atoms with E-state index in [1.54, 1.807) is 13.0 Å². The molecule has 20 heavy (non-hydrogen) atoms. The number of anilines is 1. The van der Waals surface area contributed by atoms with Gasteiger partial charge >= 0.3 is 12.0 Å². The van der Waals surface area contributed by atoms with Crippen molar-refractivity contribution in [3.05, 3.63) is 29.6 Å². The van der Waals surface area contributed by atoms with E-state index in [1.165, 1.54) is 12.1 Å². The van der Waals surface area contributed by atoms with E-state index in [1.807, 2.05) is 6.92 Å². The summed E-state index contributed by atoms with van der Waals surface area (Å²) in [5.74, 6) is -1.54. The van der Waals surface area contributed by atoms with E-state index < -0.39 is 23.9 Å². The number of hydrogen-bond acceptors (Lipinski definition) is 2. The average molecular weight is 282 g/mol. The molecule has 0 aliphatic rings. The van der Waals surface area contributed by atoms with Crippen LogP contribution in [-0.4, -0.2) is 23.1 Å². The molecule has 0 aromatic heterocycles. The minimum absolute atomic E-state index is 0.291. The first-order valence-electron chi connectivity index (χ1n) is 6.50. The van der Waals surface area contributed by atoms with E-state index in [4.69, 9.17) is 5.11 Å². The number of rotatable bonds is 6. The van der Waals surface area contributed by atoms with Gasteiger partial charge in [-0.25, -0.2) is 14.0 Å². The number of urea groups is 1. The van der Waals surface area contributed by atoms with Crippen molar-refractivity contribution in [3.63, 3.8) is 0 Å². The third-order valence-electron chi connectivity index (χ3n) is 2.75. The number of nitrogens with one attached hydrogen (secondary N) is 2. The van der Waals surface area contributed by atoms with Crippen LogP contribution in [0.4, 0.5) is 14.9 Å². The maximum Gasteiger partial charge on any atom is 0.326 e. The molecule has 0 fully saturated rings. The maximum atomic E-state index is 13.2. The number of carboxylic acids is 1. The molecule has 0 spiro atoms. The molecule has 2 amide bonds. The predicted octanol–water partition coefficient (Wildman–Crippen LogP) is 2.90. The summed E-state index contributed by atoms with van der Waals surface area (Å²) in [6.45, 7) is 3.64. The van der Waals surface area contributed by atoms with Crippen molar-refractivity contribution in [3.8, 4) is 0 Å². The zero-order chi connectivity index (χ0) is 15.1. The maximum absolute atomic E-state index is 13.2. The van der Waals surface area contributed by atoms with Crippen LogP contribution in [0.15, 0.2) is 18.2 Å². The lowest BCUT2D eigenvalue weighted by Gasteiger charge is -2.15. The normalized spacial score (nSPS) is 11.8. The molecular weight excluding hydrogens is 263 g/mol. The van der Waals surface area contributed by atoms with Gasteiger partial charge in [0.1, 0.15) is 11.9 Å². The van der Waals surface area contributed by atoms with Gasteiger partial charge in [0.15, 0.2) is 0 Å². The fourth-order valence-corrected chi connectivity index (χ4v) is 1.80. The van der Waals surface area contributed by atoms with Gasteiger partial charge in [-0.05, 0) is 37.1 Å². The number of benzene rings is 1. The Bertz CT molecular complexity index is 471. The molecule has 0 heterocycles. The van der Waals surface area contributed by atoms with Crippen LogP contribution in [-0.2, 0) is 4.79 Å². The van der Waals surface area contributed by atoms with E-state index >= 15 is 0 Å². The van der Waals surface area contributed by atoms with Crippen molar-refractivity contribution in [2.45, 2.75) is 39.2 Å². The lowest BCUT2D eigenvalue weighted by atomic mass is 10.1. The second-order valence-electron chi connectivity index (χ2n) is 4.65. The van der Waals surface area contributed by atoms with Crippen LogP contribution in [0.3, 0.4) is 0 Å². The van der Waals surface area contributed by atoms with Crippen molar-refractivity contribution in [1.29, 1.82) is 0 Å². The van der Waals surface area contributed by atoms with Gasteiger partial charge in [0.05, 0.1) is 0 Å². The van der Waals surface area contributed by atoms with Crippen LogP contribution in [0.25, 0.3) is 0 Å². The van der Waals surface area contributed by atoms with Gasteiger partial charge in [-0.1, -0.05) is 19.8 Å². The Morgan fingerprint density at radius 2 is 2.05 bits per heavy atom. The van der Waals surface area contributed by atoms with Crippen molar-refractivity contribution in [2.75, 3.05) is 5.32 Å². The molecule has 5 nitrogen and oxygen atoms in total. The highest BCUT2D eigenvalue weighted by atomic mass is 19.1. The molecule has 1 rings (SSSR count). The Hall–Kier alpha value is -2.11. The third-order valence-corrected chi connectivity index (χ3v) is 2.75. The fourth-order valence-electron chi connectivity index (χ4n) is 1.80. The van der Waals surface area contributed by atoms with Crippen LogP contribution in [0.5, 0.6) is 0 Å². The molecular formula is C14H19FN2O3. The lowest BCUT2D eigenvalue weighted by molar-refractivity contribution is -0.139. The van der Waals surface area contributed by atoms with Gasteiger partial charge in [0.25, 0.3) is 0 Å². The highest BCUT2D eigenvalue weighted by Crippen LogP contribution is 2.13.